The SMILES string of the molecule is COc1cc(COC(=O)c2ccc([N+](=O)[O-])c(C)c2)c([N+](=O)[O-])cc1OC(F)F. The minimum Gasteiger partial charge on any atom is -0.493 e. The maximum absolute atomic E-state index is 12.5. The van der Waals surface area contributed by atoms with E-state index in [1.807, 2.05) is 0 Å². The number of esters is 1. The second-order valence-electron chi connectivity index (χ2n) is 5.60. The van der Waals surface area contributed by atoms with Crippen LogP contribution in [0, 0.1) is 27.2 Å². The third kappa shape index (κ3) is 5.12. The minimum atomic E-state index is -3.22. The van der Waals surface area contributed by atoms with Crippen molar-refractivity contribution in [2.45, 2.75) is 20.1 Å². The molecule has 0 aliphatic heterocycles. The highest BCUT2D eigenvalue weighted by Gasteiger charge is 2.23. The first-order valence-electron chi connectivity index (χ1n) is 7.86. The van der Waals surface area contributed by atoms with E-state index in [0.717, 1.165) is 25.3 Å². The van der Waals surface area contributed by atoms with Gasteiger partial charge in [0.1, 0.15) is 6.61 Å². The molecular weight excluding hydrogens is 398 g/mol. The molecule has 0 aliphatic carbocycles. The lowest BCUT2D eigenvalue weighted by Crippen LogP contribution is -2.09. The van der Waals surface area contributed by atoms with Crippen molar-refractivity contribution < 1.29 is 37.6 Å². The molecule has 29 heavy (non-hydrogen) atoms. The first-order chi connectivity index (χ1) is 13.6. The van der Waals surface area contributed by atoms with E-state index in [2.05, 4.69) is 4.74 Å². The van der Waals surface area contributed by atoms with Gasteiger partial charge in [0.2, 0.25) is 0 Å². The van der Waals surface area contributed by atoms with E-state index in [1.54, 1.807) is 0 Å². The molecular formula is C17H14F2N2O8. The predicted molar refractivity (Wildman–Crippen MR) is 93.2 cm³/mol. The van der Waals surface area contributed by atoms with E-state index >= 15 is 0 Å². The molecule has 2 aromatic carbocycles. The molecule has 0 bridgehead atoms. The summed E-state index contributed by atoms with van der Waals surface area (Å²) in [5, 5.41) is 22.1. The molecule has 0 fully saturated rings. The van der Waals surface area contributed by atoms with Gasteiger partial charge in [0.15, 0.2) is 11.5 Å². The number of nitro benzene ring substituents is 2. The van der Waals surface area contributed by atoms with Crippen LogP contribution in [-0.4, -0.2) is 29.5 Å². The molecule has 0 saturated heterocycles. The summed E-state index contributed by atoms with van der Waals surface area (Å²) in [5.41, 5.74) is -0.697. The molecule has 0 unspecified atom stereocenters. The van der Waals surface area contributed by atoms with E-state index in [9.17, 15) is 33.8 Å². The van der Waals surface area contributed by atoms with Crippen LogP contribution in [-0.2, 0) is 11.3 Å². The molecule has 2 aromatic rings. The molecule has 0 saturated carbocycles. The molecule has 10 nitrogen and oxygen atoms in total. The zero-order chi connectivity index (χ0) is 21.7. The number of benzene rings is 2. The average Bonchev–Trinajstić information content (AvgIpc) is 2.65. The van der Waals surface area contributed by atoms with Gasteiger partial charge in [0.25, 0.3) is 11.4 Å². The Morgan fingerprint density at radius 3 is 2.24 bits per heavy atom. The number of alkyl halides is 2. The van der Waals surface area contributed by atoms with E-state index in [4.69, 9.17) is 9.47 Å². The average molecular weight is 412 g/mol. The molecule has 0 radical (unpaired) electrons. The molecule has 2 rings (SSSR count). The summed E-state index contributed by atoms with van der Waals surface area (Å²) in [6, 6.07) is 5.35. The molecule has 0 spiro atoms. The summed E-state index contributed by atoms with van der Waals surface area (Å²) in [6.07, 6.45) is 0. The molecule has 0 heterocycles. The molecule has 0 aromatic heterocycles. The Balaban J connectivity index is 2.27. The van der Waals surface area contributed by atoms with Crippen molar-refractivity contribution in [3.05, 3.63) is 67.3 Å². The Morgan fingerprint density at radius 1 is 1.07 bits per heavy atom. The van der Waals surface area contributed by atoms with Crippen LogP contribution in [0.1, 0.15) is 21.5 Å². The van der Waals surface area contributed by atoms with Crippen LogP contribution < -0.4 is 9.47 Å². The highest BCUT2D eigenvalue weighted by molar-refractivity contribution is 5.90. The fourth-order valence-corrected chi connectivity index (χ4v) is 2.44. The van der Waals surface area contributed by atoms with Crippen molar-refractivity contribution >= 4 is 17.3 Å². The van der Waals surface area contributed by atoms with Gasteiger partial charge in [-0.15, -0.1) is 0 Å². The van der Waals surface area contributed by atoms with E-state index in [0.29, 0.717) is 0 Å². The van der Waals surface area contributed by atoms with Crippen molar-refractivity contribution in [2.75, 3.05) is 7.11 Å². The predicted octanol–water partition coefficient (Wildman–Crippen LogP) is 3.78. The Bertz CT molecular complexity index is 965. The number of hydrogen-bond donors (Lipinski definition) is 0. The largest absolute Gasteiger partial charge is 0.493 e. The monoisotopic (exact) mass is 412 g/mol. The Morgan fingerprint density at radius 2 is 1.72 bits per heavy atom. The summed E-state index contributed by atoms with van der Waals surface area (Å²) < 4.78 is 39.0. The van der Waals surface area contributed by atoms with E-state index < -0.39 is 40.5 Å². The standard InChI is InChI=1S/C17H14F2N2O8/c1-9-5-10(3-4-12(9)20(23)24)16(22)28-8-11-6-14(27-2)15(29-17(18)19)7-13(11)21(25)26/h3-7,17H,8H2,1-2H3. The Kier molecular flexibility index (Phi) is 6.59. The summed E-state index contributed by atoms with van der Waals surface area (Å²) in [5.74, 6) is -1.65. The zero-order valence-electron chi connectivity index (χ0n) is 15.1. The second-order valence-corrected chi connectivity index (χ2v) is 5.60. The van der Waals surface area contributed by atoms with Crippen molar-refractivity contribution in [1.82, 2.24) is 0 Å². The maximum atomic E-state index is 12.5. The van der Waals surface area contributed by atoms with Crippen LogP contribution in [0.25, 0.3) is 0 Å². The summed E-state index contributed by atoms with van der Waals surface area (Å²) in [7, 11) is 1.15. The number of hydrogen-bond acceptors (Lipinski definition) is 8. The van der Waals surface area contributed by atoms with Gasteiger partial charge < -0.3 is 14.2 Å². The summed E-state index contributed by atoms with van der Waals surface area (Å²) in [4.78, 5) is 32.8. The maximum Gasteiger partial charge on any atom is 0.387 e. The lowest BCUT2D eigenvalue weighted by atomic mass is 10.1. The van der Waals surface area contributed by atoms with Gasteiger partial charge in [0.05, 0.1) is 34.1 Å². The van der Waals surface area contributed by atoms with Gasteiger partial charge >= 0.3 is 12.6 Å². The highest BCUT2D eigenvalue weighted by Crippen LogP contribution is 2.36. The number of nitrogens with zero attached hydrogens (tertiary/aromatic N) is 2. The van der Waals surface area contributed by atoms with E-state index in [-0.39, 0.29) is 28.1 Å². The van der Waals surface area contributed by atoms with Crippen LogP contribution in [0.15, 0.2) is 30.3 Å². The van der Waals surface area contributed by atoms with Crippen LogP contribution in [0.5, 0.6) is 11.5 Å². The van der Waals surface area contributed by atoms with Gasteiger partial charge in [-0.2, -0.15) is 8.78 Å². The van der Waals surface area contributed by atoms with Crippen LogP contribution >= 0.6 is 0 Å². The van der Waals surface area contributed by atoms with Crippen molar-refractivity contribution in [1.29, 1.82) is 0 Å². The molecule has 0 aliphatic rings. The van der Waals surface area contributed by atoms with Crippen molar-refractivity contribution in [2.24, 2.45) is 0 Å². The summed E-state index contributed by atoms with van der Waals surface area (Å²) >= 11 is 0. The minimum absolute atomic E-state index is 0.000344. The number of carbonyl (C=O) groups is 1. The molecule has 12 heteroatoms. The third-order valence-electron chi connectivity index (χ3n) is 3.77. The van der Waals surface area contributed by atoms with Gasteiger partial charge in [-0.05, 0) is 25.1 Å². The number of nitro groups is 2. The van der Waals surface area contributed by atoms with Crippen LogP contribution in [0.3, 0.4) is 0 Å². The molecule has 0 amide bonds. The highest BCUT2D eigenvalue weighted by atomic mass is 19.3. The molecule has 0 N–H and O–H groups in total. The van der Waals surface area contributed by atoms with Crippen molar-refractivity contribution in [3.63, 3.8) is 0 Å². The number of methoxy groups -OCH3 is 1. The Labute approximate surface area is 161 Å². The van der Waals surface area contributed by atoms with Crippen LogP contribution in [0.4, 0.5) is 20.2 Å². The number of rotatable bonds is 8. The lowest BCUT2D eigenvalue weighted by Gasteiger charge is -2.12. The van der Waals surface area contributed by atoms with Gasteiger partial charge in [-0.25, -0.2) is 4.79 Å². The quantitative estimate of drug-likeness (QED) is 0.364. The first-order valence-corrected chi connectivity index (χ1v) is 7.86. The summed E-state index contributed by atoms with van der Waals surface area (Å²) in [6.45, 7) is -2.36. The number of aryl methyl sites for hydroxylation is 1. The topological polar surface area (TPSA) is 131 Å². The van der Waals surface area contributed by atoms with Crippen molar-refractivity contribution in [3.8, 4) is 11.5 Å². The fourth-order valence-electron chi connectivity index (χ4n) is 2.44. The van der Waals surface area contributed by atoms with E-state index in [1.165, 1.54) is 19.1 Å². The molecule has 154 valence electrons. The van der Waals surface area contributed by atoms with Crippen LogP contribution in [0.2, 0.25) is 0 Å². The van der Waals surface area contributed by atoms with Gasteiger partial charge in [0, 0.05) is 11.6 Å². The lowest BCUT2D eigenvalue weighted by molar-refractivity contribution is -0.386. The van der Waals surface area contributed by atoms with Gasteiger partial charge in [-0.1, -0.05) is 0 Å². The normalized spacial score (nSPS) is 10.5. The number of ether oxygens (including phenoxy) is 3. The number of halogens is 2. The first kappa shape index (κ1) is 21.5. The smallest absolute Gasteiger partial charge is 0.387 e. The third-order valence-corrected chi connectivity index (χ3v) is 3.77. The second kappa shape index (κ2) is 8.91. The van der Waals surface area contributed by atoms with Gasteiger partial charge in [-0.3, -0.25) is 20.2 Å². The Hall–Kier alpha value is -3.83. The number of carbonyl (C=O) groups excluding carboxylic acids is 1. The zero-order valence-corrected chi connectivity index (χ0v) is 15.1. The molecule has 0 atom stereocenters. The fraction of sp³-hybridized carbons (Fsp3) is 0.235.